The molecule has 0 fully saturated rings. The molecule has 2 N–H and O–H groups in total. The van der Waals surface area contributed by atoms with Crippen LogP contribution in [0.15, 0.2) is 53.6 Å². The molecular formula is C18H20FN3OS. The summed E-state index contributed by atoms with van der Waals surface area (Å²) in [4.78, 5) is 0. The topological polar surface area (TPSA) is 45.6 Å². The molecule has 0 aliphatic carbocycles. The lowest BCUT2D eigenvalue weighted by atomic mass is 10.1. The van der Waals surface area contributed by atoms with E-state index in [-0.39, 0.29) is 5.82 Å². The average Bonchev–Trinajstić information content (AvgIpc) is 2.60. The summed E-state index contributed by atoms with van der Waals surface area (Å²) in [6.45, 7) is 4.99. The molecule has 0 saturated heterocycles. The van der Waals surface area contributed by atoms with Crippen LogP contribution in [0.2, 0.25) is 0 Å². The maximum atomic E-state index is 12.8. The largest absolute Gasteiger partial charge is 0.494 e. The van der Waals surface area contributed by atoms with Crippen LogP contribution in [0.25, 0.3) is 0 Å². The highest BCUT2D eigenvalue weighted by molar-refractivity contribution is 7.80. The van der Waals surface area contributed by atoms with Gasteiger partial charge >= 0.3 is 0 Å². The Balaban J connectivity index is 1.84. The average molecular weight is 345 g/mol. The van der Waals surface area contributed by atoms with Crippen molar-refractivity contribution in [3.8, 4) is 5.75 Å². The highest BCUT2D eigenvalue weighted by Gasteiger charge is 2.00. The van der Waals surface area contributed by atoms with E-state index in [0.29, 0.717) is 18.3 Å². The Morgan fingerprint density at radius 1 is 1.12 bits per heavy atom. The predicted molar refractivity (Wildman–Crippen MR) is 98.8 cm³/mol. The van der Waals surface area contributed by atoms with Gasteiger partial charge in [-0.15, -0.1) is 0 Å². The summed E-state index contributed by atoms with van der Waals surface area (Å²) in [6.07, 6.45) is 0. The van der Waals surface area contributed by atoms with Gasteiger partial charge in [0.25, 0.3) is 0 Å². The number of hydrogen-bond donors (Lipinski definition) is 2. The maximum absolute atomic E-state index is 12.8. The third-order valence-corrected chi connectivity index (χ3v) is 3.51. The number of hydrazone groups is 1. The number of hydrogen-bond acceptors (Lipinski definition) is 3. The molecule has 6 heteroatoms. The van der Waals surface area contributed by atoms with Crippen LogP contribution >= 0.6 is 12.2 Å². The minimum Gasteiger partial charge on any atom is -0.494 e. The molecule has 0 saturated carbocycles. The first-order valence-electron chi connectivity index (χ1n) is 7.64. The van der Waals surface area contributed by atoms with Gasteiger partial charge in [0.2, 0.25) is 0 Å². The zero-order valence-corrected chi connectivity index (χ0v) is 14.5. The second-order valence-electron chi connectivity index (χ2n) is 5.08. The van der Waals surface area contributed by atoms with Crippen molar-refractivity contribution >= 4 is 23.0 Å². The molecule has 0 amide bonds. The van der Waals surface area contributed by atoms with Gasteiger partial charge in [-0.3, -0.25) is 5.43 Å². The molecule has 0 aliphatic heterocycles. The van der Waals surface area contributed by atoms with Gasteiger partial charge in [-0.25, -0.2) is 4.39 Å². The fourth-order valence-electron chi connectivity index (χ4n) is 1.98. The first-order chi connectivity index (χ1) is 11.6. The number of rotatable bonds is 6. The Morgan fingerprint density at radius 3 is 2.42 bits per heavy atom. The molecule has 0 aliphatic rings. The minimum absolute atomic E-state index is 0.255. The van der Waals surface area contributed by atoms with Crippen LogP contribution in [0, 0.1) is 5.82 Å². The van der Waals surface area contributed by atoms with E-state index in [9.17, 15) is 4.39 Å². The lowest BCUT2D eigenvalue weighted by Crippen LogP contribution is -2.32. The van der Waals surface area contributed by atoms with E-state index in [0.717, 1.165) is 22.6 Å². The van der Waals surface area contributed by atoms with Gasteiger partial charge in [-0.2, -0.15) is 5.10 Å². The summed E-state index contributed by atoms with van der Waals surface area (Å²) in [5, 5.41) is 7.69. The number of thiocarbonyl (C=S) groups is 1. The van der Waals surface area contributed by atoms with Crippen LogP contribution in [0.3, 0.4) is 0 Å². The Bertz CT molecular complexity index is 699. The lowest BCUT2D eigenvalue weighted by molar-refractivity contribution is 0.340. The van der Waals surface area contributed by atoms with Crippen molar-refractivity contribution in [2.45, 2.75) is 20.4 Å². The second kappa shape index (κ2) is 8.98. The molecule has 0 unspecified atom stereocenters. The maximum Gasteiger partial charge on any atom is 0.187 e. The monoisotopic (exact) mass is 345 g/mol. The van der Waals surface area contributed by atoms with Gasteiger partial charge in [0.05, 0.1) is 12.3 Å². The molecule has 0 bridgehead atoms. The summed E-state index contributed by atoms with van der Waals surface area (Å²) in [5.41, 5.74) is 5.53. The number of halogens is 1. The zero-order valence-electron chi connectivity index (χ0n) is 13.7. The molecule has 2 aromatic carbocycles. The Kier molecular flexibility index (Phi) is 6.69. The molecule has 0 radical (unpaired) electrons. The van der Waals surface area contributed by atoms with Crippen LogP contribution in [-0.4, -0.2) is 17.4 Å². The summed E-state index contributed by atoms with van der Waals surface area (Å²) in [5.74, 6) is 0.577. The first-order valence-corrected chi connectivity index (χ1v) is 8.05. The van der Waals surface area contributed by atoms with Crippen LogP contribution < -0.4 is 15.5 Å². The fourth-order valence-corrected chi connectivity index (χ4v) is 2.10. The predicted octanol–water partition coefficient (Wildman–Crippen LogP) is 3.61. The van der Waals surface area contributed by atoms with E-state index in [1.165, 1.54) is 12.1 Å². The van der Waals surface area contributed by atoms with Gasteiger partial charge in [0, 0.05) is 6.54 Å². The van der Waals surface area contributed by atoms with E-state index in [2.05, 4.69) is 15.8 Å². The zero-order chi connectivity index (χ0) is 17.4. The quantitative estimate of drug-likeness (QED) is 0.477. The molecular weight excluding hydrogens is 325 g/mol. The summed E-state index contributed by atoms with van der Waals surface area (Å²) in [7, 11) is 0. The van der Waals surface area contributed by atoms with E-state index in [4.69, 9.17) is 17.0 Å². The highest BCUT2D eigenvalue weighted by atomic mass is 32.1. The Morgan fingerprint density at radius 2 is 1.79 bits per heavy atom. The lowest BCUT2D eigenvalue weighted by Gasteiger charge is -2.09. The molecule has 126 valence electrons. The fraction of sp³-hybridized carbons (Fsp3) is 0.222. The standard InChI is InChI=1S/C18H20FN3OS/c1-3-23-17-10-6-15(7-11-17)13(2)21-22-18(24)20-12-14-4-8-16(19)9-5-14/h4-11H,3,12H2,1-2H3,(H2,20,22,24)/b21-13-. The third-order valence-electron chi connectivity index (χ3n) is 3.27. The van der Waals surface area contributed by atoms with E-state index in [1.54, 1.807) is 12.1 Å². The number of nitrogens with one attached hydrogen (secondary N) is 2. The van der Waals surface area contributed by atoms with Gasteiger partial charge in [0.1, 0.15) is 11.6 Å². The van der Waals surface area contributed by atoms with Crippen molar-refractivity contribution in [3.63, 3.8) is 0 Å². The van der Waals surface area contributed by atoms with Crippen LogP contribution in [0.5, 0.6) is 5.75 Å². The summed E-state index contributed by atoms with van der Waals surface area (Å²) < 4.78 is 18.3. The molecule has 0 aromatic heterocycles. The van der Waals surface area contributed by atoms with Crippen LogP contribution in [-0.2, 0) is 6.54 Å². The van der Waals surface area contributed by atoms with Crippen molar-refractivity contribution in [1.29, 1.82) is 0 Å². The van der Waals surface area contributed by atoms with Crippen LogP contribution in [0.4, 0.5) is 4.39 Å². The smallest absolute Gasteiger partial charge is 0.187 e. The molecule has 2 aromatic rings. The van der Waals surface area contributed by atoms with E-state index in [1.807, 2.05) is 38.1 Å². The van der Waals surface area contributed by atoms with Crippen LogP contribution in [0.1, 0.15) is 25.0 Å². The molecule has 2 rings (SSSR count). The van der Waals surface area contributed by atoms with Crippen molar-refractivity contribution in [2.24, 2.45) is 5.10 Å². The Hall–Kier alpha value is -2.47. The van der Waals surface area contributed by atoms with Gasteiger partial charge in [-0.1, -0.05) is 12.1 Å². The molecule has 4 nitrogen and oxygen atoms in total. The van der Waals surface area contributed by atoms with Gasteiger partial charge in [0.15, 0.2) is 5.11 Å². The highest BCUT2D eigenvalue weighted by Crippen LogP contribution is 2.12. The third kappa shape index (κ3) is 5.62. The van der Waals surface area contributed by atoms with Crippen molar-refractivity contribution in [2.75, 3.05) is 6.61 Å². The Labute approximate surface area is 146 Å². The number of ether oxygens (including phenoxy) is 1. The van der Waals surface area contributed by atoms with Crippen molar-refractivity contribution in [1.82, 2.24) is 10.7 Å². The van der Waals surface area contributed by atoms with Crippen molar-refractivity contribution in [3.05, 3.63) is 65.5 Å². The van der Waals surface area contributed by atoms with E-state index >= 15 is 0 Å². The van der Waals surface area contributed by atoms with Gasteiger partial charge < -0.3 is 10.1 Å². The minimum atomic E-state index is -0.255. The molecule has 0 heterocycles. The number of benzene rings is 2. The van der Waals surface area contributed by atoms with Gasteiger partial charge in [-0.05, 0) is 73.6 Å². The van der Waals surface area contributed by atoms with E-state index < -0.39 is 0 Å². The normalized spacial score (nSPS) is 11.0. The van der Waals surface area contributed by atoms with Crippen molar-refractivity contribution < 1.29 is 9.13 Å². The first kappa shape index (κ1) is 17.9. The number of nitrogens with zero attached hydrogens (tertiary/aromatic N) is 1. The second-order valence-corrected chi connectivity index (χ2v) is 5.48. The molecule has 0 atom stereocenters. The molecule has 24 heavy (non-hydrogen) atoms. The SMILES string of the molecule is CCOc1ccc(/C(C)=N\NC(=S)NCc2ccc(F)cc2)cc1. The summed E-state index contributed by atoms with van der Waals surface area (Å²) >= 11 is 5.18. The molecule has 0 spiro atoms. The summed E-state index contributed by atoms with van der Waals surface area (Å²) in [6, 6.07) is 14.0.